The number of hydrogen-bond donors (Lipinski definition) is 0. The van der Waals surface area contributed by atoms with E-state index in [4.69, 9.17) is 4.74 Å². The van der Waals surface area contributed by atoms with Gasteiger partial charge in [0, 0.05) is 12.6 Å². The summed E-state index contributed by atoms with van der Waals surface area (Å²) in [7, 11) is 1.47. The van der Waals surface area contributed by atoms with Gasteiger partial charge in [0.2, 0.25) is 0 Å². The summed E-state index contributed by atoms with van der Waals surface area (Å²) in [6.07, 6.45) is 2.12. The van der Waals surface area contributed by atoms with Crippen LogP contribution in [0.3, 0.4) is 0 Å². The fourth-order valence-electron chi connectivity index (χ4n) is 3.57. The lowest BCUT2D eigenvalue weighted by Gasteiger charge is -2.29. The van der Waals surface area contributed by atoms with Crippen molar-refractivity contribution >= 4 is 5.97 Å². The van der Waals surface area contributed by atoms with Crippen LogP contribution >= 0.6 is 0 Å². The van der Waals surface area contributed by atoms with E-state index in [9.17, 15) is 4.79 Å². The zero-order valence-corrected chi connectivity index (χ0v) is 13.7. The molecule has 0 saturated carbocycles. The molecule has 0 bridgehead atoms. The van der Waals surface area contributed by atoms with Gasteiger partial charge in [0.05, 0.1) is 7.11 Å². The molecular formula is C20H23NO2. The first-order valence-corrected chi connectivity index (χ1v) is 8.22. The standard InChI is InChI=1S/C20H23NO2/c1-3-9-18-16-12-7-8-13-17(16)19(20(22)23-2)21(18)14-15-10-5-4-6-11-15/h4-8,10-13,18-19H,3,9,14H2,1-2H3. The van der Waals surface area contributed by atoms with Gasteiger partial charge in [0.25, 0.3) is 0 Å². The molecule has 0 radical (unpaired) electrons. The first kappa shape index (κ1) is 15.8. The molecule has 1 heterocycles. The second-order valence-corrected chi connectivity index (χ2v) is 6.02. The average Bonchev–Trinajstić information content (AvgIpc) is 2.89. The van der Waals surface area contributed by atoms with Crippen molar-refractivity contribution in [2.45, 2.75) is 38.4 Å². The number of ether oxygens (including phenoxy) is 1. The van der Waals surface area contributed by atoms with E-state index in [2.05, 4.69) is 42.2 Å². The molecule has 3 heteroatoms. The maximum Gasteiger partial charge on any atom is 0.327 e. The molecule has 3 rings (SSSR count). The van der Waals surface area contributed by atoms with E-state index in [1.807, 2.05) is 24.3 Å². The van der Waals surface area contributed by atoms with Crippen LogP contribution in [0.2, 0.25) is 0 Å². The number of carbonyl (C=O) groups is 1. The predicted molar refractivity (Wildman–Crippen MR) is 90.8 cm³/mol. The Kier molecular flexibility index (Phi) is 4.77. The van der Waals surface area contributed by atoms with Gasteiger partial charge < -0.3 is 4.74 Å². The molecule has 0 fully saturated rings. The fraction of sp³-hybridized carbons (Fsp3) is 0.350. The molecule has 0 spiro atoms. The molecule has 2 unspecified atom stereocenters. The topological polar surface area (TPSA) is 29.5 Å². The Morgan fingerprint density at radius 3 is 2.35 bits per heavy atom. The summed E-state index contributed by atoms with van der Waals surface area (Å²) in [5.74, 6) is -0.174. The van der Waals surface area contributed by atoms with Crippen molar-refractivity contribution in [3.8, 4) is 0 Å². The van der Waals surface area contributed by atoms with Crippen molar-refractivity contribution < 1.29 is 9.53 Å². The highest BCUT2D eigenvalue weighted by Crippen LogP contribution is 2.45. The molecule has 1 aliphatic heterocycles. The van der Waals surface area contributed by atoms with Crippen LogP contribution in [0.25, 0.3) is 0 Å². The van der Waals surface area contributed by atoms with Crippen molar-refractivity contribution in [3.05, 3.63) is 71.3 Å². The Morgan fingerprint density at radius 2 is 1.70 bits per heavy atom. The monoisotopic (exact) mass is 309 g/mol. The van der Waals surface area contributed by atoms with E-state index in [0.29, 0.717) is 0 Å². The molecule has 0 N–H and O–H groups in total. The highest BCUT2D eigenvalue weighted by Gasteiger charge is 2.42. The molecule has 0 amide bonds. The zero-order chi connectivity index (χ0) is 16.2. The van der Waals surface area contributed by atoms with Crippen molar-refractivity contribution in [3.63, 3.8) is 0 Å². The summed E-state index contributed by atoms with van der Waals surface area (Å²) < 4.78 is 5.10. The summed E-state index contributed by atoms with van der Waals surface area (Å²) in [5, 5.41) is 0. The minimum Gasteiger partial charge on any atom is -0.468 e. The fourth-order valence-corrected chi connectivity index (χ4v) is 3.57. The Bertz CT molecular complexity index is 668. The zero-order valence-electron chi connectivity index (χ0n) is 13.7. The van der Waals surface area contributed by atoms with E-state index in [-0.39, 0.29) is 18.1 Å². The van der Waals surface area contributed by atoms with Crippen molar-refractivity contribution in [2.75, 3.05) is 7.11 Å². The number of hydrogen-bond acceptors (Lipinski definition) is 3. The van der Waals surface area contributed by atoms with Crippen LogP contribution in [0.15, 0.2) is 54.6 Å². The first-order valence-electron chi connectivity index (χ1n) is 8.22. The molecule has 120 valence electrons. The van der Waals surface area contributed by atoms with Crippen LogP contribution in [0, 0.1) is 0 Å². The minimum absolute atomic E-state index is 0.174. The minimum atomic E-state index is -0.312. The Balaban J connectivity index is 2.00. The lowest BCUT2D eigenvalue weighted by Crippen LogP contribution is -2.31. The van der Waals surface area contributed by atoms with Gasteiger partial charge in [-0.3, -0.25) is 4.90 Å². The quantitative estimate of drug-likeness (QED) is 0.773. The maximum atomic E-state index is 12.5. The number of benzene rings is 2. The van der Waals surface area contributed by atoms with E-state index in [0.717, 1.165) is 24.9 Å². The molecule has 23 heavy (non-hydrogen) atoms. The Morgan fingerprint density at radius 1 is 1.04 bits per heavy atom. The molecule has 1 aliphatic rings. The van der Waals surface area contributed by atoms with Crippen molar-refractivity contribution in [1.82, 2.24) is 4.90 Å². The van der Waals surface area contributed by atoms with Gasteiger partial charge in [-0.1, -0.05) is 67.9 Å². The summed E-state index contributed by atoms with van der Waals surface area (Å²) in [6, 6.07) is 18.5. The lowest BCUT2D eigenvalue weighted by molar-refractivity contribution is -0.148. The van der Waals surface area contributed by atoms with Crippen molar-refractivity contribution in [2.24, 2.45) is 0 Å². The van der Waals surface area contributed by atoms with Crippen LogP contribution in [0.1, 0.15) is 48.5 Å². The Hall–Kier alpha value is -2.13. The Labute approximate surface area is 137 Å². The van der Waals surface area contributed by atoms with Crippen LogP contribution in [0.5, 0.6) is 0 Å². The van der Waals surface area contributed by atoms with Gasteiger partial charge in [-0.25, -0.2) is 4.79 Å². The van der Waals surface area contributed by atoms with Crippen LogP contribution in [0.4, 0.5) is 0 Å². The van der Waals surface area contributed by atoms with Gasteiger partial charge in [-0.15, -0.1) is 0 Å². The number of esters is 1. The van der Waals surface area contributed by atoms with E-state index >= 15 is 0 Å². The van der Waals surface area contributed by atoms with Crippen molar-refractivity contribution in [1.29, 1.82) is 0 Å². The second kappa shape index (κ2) is 6.97. The molecule has 0 aliphatic carbocycles. The molecule has 2 aromatic carbocycles. The largest absolute Gasteiger partial charge is 0.468 e. The second-order valence-electron chi connectivity index (χ2n) is 6.02. The van der Waals surface area contributed by atoms with E-state index in [1.54, 1.807) is 0 Å². The molecule has 3 nitrogen and oxygen atoms in total. The van der Waals surface area contributed by atoms with Crippen LogP contribution in [-0.2, 0) is 16.1 Å². The highest BCUT2D eigenvalue weighted by molar-refractivity contribution is 5.79. The van der Waals surface area contributed by atoms with Gasteiger partial charge in [0.1, 0.15) is 6.04 Å². The molecular weight excluding hydrogens is 286 g/mol. The summed E-state index contributed by atoms with van der Waals surface area (Å²) in [4.78, 5) is 14.8. The normalized spacial score (nSPS) is 20.3. The molecule has 0 saturated heterocycles. The van der Waals surface area contributed by atoms with Gasteiger partial charge >= 0.3 is 5.97 Å². The lowest BCUT2D eigenvalue weighted by atomic mass is 10.00. The van der Waals surface area contributed by atoms with Crippen LogP contribution < -0.4 is 0 Å². The summed E-state index contributed by atoms with van der Waals surface area (Å²) in [6.45, 7) is 2.94. The highest BCUT2D eigenvalue weighted by atomic mass is 16.5. The van der Waals surface area contributed by atoms with Gasteiger partial charge in [-0.05, 0) is 23.1 Å². The van der Waals surface area contributed by atoms with E-state index in [1.165, 1.54) is 18.2 Å². The first-order chi connectivity index (χ1) is 11.3. The predicted octanol–water partition coefficient (Wildman–Crippen LogP) is 4.26. The number of methoxy groups -OCH3 is 1. The third-order valence-corrected chi connectivity index (χ3v) is 4.58. The third kappa shape index (κ3) is 3.02. The number of rotatable bonds is 5. The number of fused-ring (bicyclic) bond motifs is 1. The van der Waals surface area contributed by atoms with Crippen LogP contribution in [-0.4, -0.2) is 18.0 Å². The average molecular weight is 309 g/mol. The molecule has 0 aromatic heterocycles. The SMILES string of the molecule is CCCC1c2ccccc2C(C(=O)OC)N1Cc1ccccc1. The number of carbonyl (C=O) groups excluding carboxylic acids is 1. The van der Waals surface area contributed by atoms with Gasteiger partial charge in [-0.2, -0.15) is 0 Å². The molecule has 2 atom stereocenters. The molecule has 2 aromatic rings. The smallest absolute Gasteiger partial charge is 0.327 e. The third-order valence-electron chi connectivity index (χ3n) is 4.58. The number of nitrogens with zero attached hydrogens (tertiary/aromatic N) is 1. The van der Waals surface area contributed by atoms with Gasteiger partial charge in [0.15, 0.2) is 0 Å². The van der Waals surface area contributed by atoms with E-state index < -0.39 is 0 Å². The summed E-state index contributed by atoms with van der Waals surface area (Å²) in [5.41, 5.74) is 3.57. The summed E-state index contributed by atoms with van der Waals surface area (Å²) >= 11 is 0. The maximum absolute atomic E-state index is 12.5.